The number of amides is 1. The lowest BCUT2D eigenvalue weighted by Crippen LogP contribution is -2.43. The fraction of sp³-hybridized carbons (Fsp3) is 0.769. The van der Waals surface area contributed by atoms with E-state index in [0.29, 0.717) is 4.88 Å². The lowest BCUT2D eigenvalue weighted by Gasteiger charge is -2.30. The summed E-state index contributed by atoms with van der Waals surface area (Å²) in [7, 11) is 0. The molecule has 1 heterocycles. The molecule has 1 aliphatic carbocycles. The average Bonchev–Trinajstić information content (AvgIpc) is 2.88. The van der Waals surface area contributed by atoms with Crippen LogP contribution in [0.3, 0.4) is 0 Å². The molecule has 2 atom stereocenters. The van der Waals surface area contributed by atoms with E-state index < -0.39 is 0 Å². The molecule has 1 aromatic rings. The molecule has 0 saturated heterocycles. The van der Waals surface area contributed by atoms with Crippen LogP contribution in [0.4, 0.5) is 0 Å². The SMILES string of the molecule is CCCc1nnsc1C(=O)NC1CCCCC1CO. The molecule has 5 nitrogen and oxygen atoms in total. The number of hydrogen-bond acceptors (Lipinski definition) is 5. The molecule has 0 bridgehead atoms. The Morgan fingerprint density at radius 1 is 1.47 bits per heavy atom. The molecule has 0 aliphatic heterocycles. The fourth-order valence-corrected chi connectivity index (χ4v) is 3.24. The highest BCUT2D eigenvalue weighted by Crippen LogP contribution is 2.24. The summed E-state index contributed by atoms with van der Waals surface area (Å²) in [4.78, 5) is 12.9. The van der Waals surface area contributed by atoms with Gasteiger partial charge in [0.05, 0.1) is 5.69 Å². The van der Waals surface area contributed by atoms with Crippen LogP contribution in [0.1, 0.15) is 54.4 Å². The molecule has 1 aromatic heterocycles. The van der Waals surface area contributed by atoms with Gasteiger partial charge in [-0.15, -0.1) is 5.10 Å². The first-order valence-corrected chi connectivity index (χ1v) is 7.76. The van der Waals surface area contributed by atoms with Crippen molar-refractivity contribution in [3.63, 3.8) is 0 Å². The molecule has 106 valence electrons. The van der Waals surface area contributed by atoms with Crippen molar-refractivity contribution >= 4 is 17.4 Å². The molecule has 1 fully saturated rings. The second-order valence-electron chi connectivity index (χ2n) is 5.11. The lowest BCUT2D eigenvalue weighted by molar-refractivity contribution is 0.0875. The van der Waals surface area contributed by atoms with Crippen molar-refractivity contribution in [3.05, 3.63) is 10.6 Å². The zero-order chi connectivity index (χ0) is 13.7. The lowest BCUT2D eigenvalue weighted by atomic mass is 9.85. The summed E-state index contributed by atoms with van der Waals surface area (Å²) in [6, 6.07) is 0.0860. The van der Waals surface area contributed by atoms with Gasteiger partial charge in [0, 0.05) is 18.6 Å². The van der Waals surface area contributed by atoms with Gasteiger partial charge < -0.3 is 10.4 Å². The van der Waals surface area contributed by atoms with E-state index >= 15 is 0 Å². The van der Waals surface area contributed by atoms with Crippen molar-refractivity contribution in [1.29, 1.82) is 0 Å². The van der Waals surface area contributed by atoms with Crippen LogP contribution in [0.2, 0.25) is 0 Å². The third-order valence-corrected chi connectivity index (χ3v) is 4.48. The van der Waals surface area contributed by atoms with Crippen LogP contribution in [0.5, 0.6) is 0 Å². The molecule has 2 N–H and O–H groups in total. The normalized spacial score (nSPS) is 23.3. The number of rotatable bonds is 5. The summed E-state index contributed by atoms with van der Waals surface area (Å²) in [6.45, 7) is 2.21. The maximum atomic E-state index is 12.3. The van der Waals surface area contributed by atoms with Gasteiger partial charge in [-0.3, -0.25) is 4.79 Å². The third kappa shape index (κ3) is 3.51. The summed E-state index contributed by atoms with van der Waals surface area (Å²) in [5.74, 6) is 0.108. The maximum absolute atomic E-state index is 12.3. The number of nitrogens with zero attached hydrogens (tertiary/aromatic N) is 2. The molecule has 19 heavy (non-hydrogen) atoms. The summed E-state index contributed by atoms with van der Waals surface area (Å²) < 4.78 is 3.88. The predicted octanol–water partition coefficient (Wildman–Crippen LogP) is 1.77. The Morgan fingerprint density at radius 2 is 2.26 bits per heavy atom. The van der Waals surface area contributed by atoms with E-state index in [9.17, 15) is 9.90 Å². The molecular weight excluding hydrogens is 262 g/mol. The van der Waals surface area contributed by atoms with Crippen LogP contribution in [0.15, 0.2) is 0 Å². The second-order valence-corrected chi connectivity index (χ2v) is 5.86. The van der Waals surface area contributed by atoms with Gasteiger partial charge in [0.15, 0.2) is 0 Å². The maximum Gasteiger partial charge on any atom is 0.265 e. The second kappa shape index (κ2) is 6.96. The number of hydrogen-bond donors (Lipinski definition) is 2. The molecule has 1 aliphatic rings. The van der Waals surface area contributed by atoms with Crippen LogP contribution in [0, 0.1) is 5.92 Å². The fourth-order valence-electron chi connectivity index (χ4n) is 2.63. The zero-order valence-corrected chi connectivity index (χ0v) is 12.1. The molecule has 0 aromatic carbocycles. The van der Waals surface area contributed by atoms with Gasteiger partial charge in [-0.1, -0.05) is 30.7 Å². The number of aliphatic hydroxyl groups is 1. The number of carbonyl (C=O) groups is 1. The standard InChI is InChI=1S/C13H21N3O2S/c1-2-5-11-12(19-16-15-11)13(18)14-10-7-4-3-6-9(10)8-17/h9-10,17H,2-8H2,1H3,(H,14,18). The smallest absolute Gasteiger partial charge is 0.265 e. The number of nitrogens with one attached hydrogen (secondary N) is 1. The quantitative estimate of drug-likeness (QED) is 0.863. The molecule has 2 rings (SSSR count). The summed E-state index contributed by atoms with van der Waals surface area (Å²) in [5.41, 5.74) is 0.793. The van der Waals surface area contributed by atoms with Crippen LogP contribution < -0.4 is 5.32 Å². The summed E-state index contributed by atoms with van der Waals surface area (Å²) in [5, 5.41) is 16.4. The molecule has 6 heteroatoms. The van der Waals surface area contributed by atoms with Crippen LogP contribution in [-0.4, -0.2) is 33.2 Å². The van der Waals surface area contributed by atoms with E-state index in [1.807, 2.05) is 0 Å². The van der Waals surface area contributed by atoms with Gasteiger partial charge in [-0.25, -0.2) is 0 Å². The Balaban J connectivity index is 2.01. The van der Waals surface area contributed by atoms with E-state index in [1.165, 1.54) is 0 Å². The van der Waals surface area contributed by atoms with E-state index in [1.54, 1.807) is 0 Å². The van der Waals surface area contributed by atoms with Crippen molar-refractivity contribution in [2.75, 3.05) is 6.61 Å². The molecule has 2 unspecified atom stereocenters. The van der Waals surface area contributed by atoms with E-state index in [-0.39, 0.29) is 24.5 Å². The first-order valence-electron chi connectivity index (χ1n) is 6.99. The zero-order valence-electron chi connectivity index (χ0n) is 11.3. The Morgan fingerprint density at radius 3 is 3.00 bits per heavy atom. The van der Waals surface area contributed by atoms with Crippen molar-refractivity contribution in [1.82, 2.24) is 14.9 Å². The minimum atomic E-state index is -0.0798. The highest BCUT2D eigenvalue weighted by atomic mass is 32.1. The van der Waals surface area contributed by atoms with Crippen LogP contribution in [-0.2, 0) is 6.42 Å². The Labute approximate surface area is 117 Å². The van der Waals surface area contributed by atoms with Gasteiger partial charge in [0.1, 0.15) is 4.88 Å². The van der Waals surface area contributed by atoms with E-state index in [2.05, 4.69) is 21.8 Å². The van der Waals surface area contributed by atoms with Gasteiger partial charge in [0.25, 0.3) is 5.91 Å². The minimum absolute atomic E-state index is 0.0798. The van der Waals surface area contributed by atoms with Crippen molar-refractivity contribution in [3.8, 4) is 0 Å². The van der Waals surface area contributed by atoms with Crippen molar-refractivity contribution in [2.45, 2.75) is 51.5 Å². The van der Waals surface area contributed by atoms with Crippen molar-refractivity contribution < 1.29 is 9.90 Å². The number of aromatic nitrogens is 2. The molecule has 0 radical (unpaired) electrons. The van der Waals surface area contributed by atoms with Crippen molar-refractivity contribution in [2.24, 2.45) is 5.92 Å². The predicted molar refractivity (Wildman–Crippen MR) is 74.2 cm³/mol. The van der Waals surface area contributed by atoms with Gasteiger partial charge in [-0.2, -0.15) is 0 Å². The highest BCUT2D eigenvalue weighted by Gasteiger charge is 2.27. The van der Waals surface area contributed by atoms with Gasteiger partial charge >= 0.3 is 0 Å². The summed E-state index contributed by atoms with van der Waals surface area (Å²) in [6.07, 6.45) is 5.93. The summed E-state index contributed by atoms with van der Waals surface area (Å²) >= 11 is 1.16. The minimum Gasteiger partial charge on any atom is -0.396 e. The van der Waals surface area contributed by atoms with Gasteiger partial charge in [-0.05, 0) is 30.8 Å². The van der Waals surface area contributed by atoms with Crippen LogP contribution in [0.25, 0.3) is 0 Å². The number of aryl methyl sites for hydroxylation is 1. The van der Waals surface area contributed by atoms with Gasteiger partial charge in [0.2, 0.25) is 0 Å². The number of carbonyl (C=O) groups excluding carboxylic acids is 1. The Hall–Kier alpha value is -1.01. The van der Waals surface area contributed by atoms with E-state index in [0.717, 1.165) is 55.8 Å². The first kappa shape index (κ1) is 14.4. The van der Waals surface area contributed by atoms with E-state index in [4.69, 9.17) is 0 Å². The number of aliphatic hydroxyl groups excluding tert-OH is 1. The topological polar surface area (TPSA) is 75.1 Å². The van der Waals surface area contributed by atoms with Crippen LogP contribution >= 0.6 is 11.5 Å². The first-order chi connectivity index (χ1) is 9.26. The largest absolute Gasteiger partial charge is 0.396 e. The Kier molecular flexibility index (Phi) is 5.27. The molecule has 1 amide bonds. The molecule has 0 spiro atoms. The highest BCUT2D eigenvalue weighted by molar-refractivity contribution is 7.08. The molecule has 1 saturated carbocycles. The monoisotopic (exact) mass is 283 g/mol. The molecular formula is C13H21N3O2S. The average molecular weight is 283 g/mol. The Bertz CT molecular complexity index is 422. The third-order valence-electron chi connectivity index (χ3n) is 3.71.